The molecule has 0 radical (unpaired) electrons. The van der Waals surface area contributed by atoms with E-state index in [1.165, 1.54) is 0 Å². The fourth-order valence-corrected chi connectivity index (χ4v) is 1.55. The Hall–Kier alpha value is -1.63. The Bertz CT molecular complexity index is 425. The van der Waals surface area contributed by atoms with Crippen LogP contribution in [-0.2, 0) is 18.2 Å². The number of aromatic nitrogens is 3. The fourth-order valence-electron chi connectivity index (χ4n) is 1.55. The molecule has 0 saturated carbocycles. The van der Waals surface area contributed by atoms with Crippen LogP contribution in [0, 0.1) is 0 Å². The molecule has 7 heteroatoms. The van der Waals surface area contributed by atoms with E-state index < -0.39 is 11.7 Å². The van der Waals surface area contributed by atoms with E-state index in [1.54, 1.807) is 11.0 Å². The number of ether oxygens (including phenoxy) is 1. The molecule has 1 aromatic heterocycles. The van der Waals surface area contributed by atoms with Gasteiger partial charge in [-0.2, -0.15) is 5.10 Å². The van der Waals surface area contributed by atoms with Gasteiger partial charge in [0.1, 0.15) is 11.9 Å². The third kappa shape index (κ3) is 7.08. The highest BCUT2D eigenvalue weighted by molar-refractivity contribution is 5.67. The zero-order valence-corrected chi connectivity index (χ0v) is 12.9. The summed E-state index contributed by atoms with van der Waals surface area (Å²) in [5, 5.41) is 10.2. The number of alkyl carbamates (subject to hydrolysis) is 1. The van der Waals surface area contributed by atoms with Crippen molar-refractivity contribution in [2.24, 2.45) is 7.05 Å². The highest BCUT2D eigenvalue weighted by Crippen LogP contribution is 2.06. The summed E-state index contributed by atoms with van der Waals surface area (Å²) in [5.74, 6) is 0.812. The molecule has 2 N–H and O–H groups in total. The minimum Gasteiger partial charge on any atom is -0.444 e. The predicted molar refractivity (Wildman–Crippen MR) is 76.4 cm³/mol. The van der Waals surface area contributed by atoms with Gasteiger partial charge in [0.05, 0.1) is 0 Å². The van der Waals surface area contributed by atoms with E-state index in [1.807, 2.05) is 34.7 Å². The average molecular weight is 283 g/mol. The van der Waals surface area contributed by atoms with Crippen molar-refractivity contribution in [2.45, 2.75) is 45.8 Å². The van der Waals surface area contributed by atoms with Crippen LogP contribution < -0.4 is 10.6 Å². The number of rotatable bonds is 6. The maximum atomic E-state index is 11.5. The standard InChI is InChI=1S/C13H25N5O2/c1-10(8-15-12(19)20-13(2,3)4)14-7-6-11-16-9-18(5)17-11/h9-10,14H,6-8H2,1-5H3,(H,15,19). The highest BCUT2D eigenvalue weighted by Gasteiger charge is 2.16. The van der Waals surface area contributed by atoms with Crippen molar-refractivity contribution < 1.29 is 9.53 Å². The van der Waals surface area contributed by atoms with Crippen LogP contribution in [0.15, 0.2) is 6.33 Å². The molecule has 1 amide bonds. The summed E-state index contributed by atoms with van der Waals surface area (Å²) in [4.78, 5) is 15.6. The molecule has 0 spiro atoms. The smallest absolute Gasteiger partial charge is 0.407 e. The fraction of sp³-hybridized carbons (Fsp3) is 0.769. The first kappa shape index (κ1) is 16.4. The van der Waals surface area contributed by atoms with Crippen LogP contribution in [-0.4, -0.2) is 45.6 Å². The minimum atomic E-state index is -0.467. The van der Waals surface area contributed by atoms with Gasteiger partial charge < -0.3 is 15.4 Å². The van der Waals surface area contributed by atoms with Gasteiger partial charge in [-0.25, -0.2) is 9.78 Å². The van der Waals surface area contributed by atoms with Crippen LogP contribution in [0.4, 0.5) is 4.79 Å². The van der Waals surface area contributed by atoms with E-state index in [-0.39, 0.29) is 6.04 Å². The van der Waals surface area contributed by atoms with Crippen LogP contribution in [0.2, 0.25) is 0 Å². The summed E-state index contributed by atoms with van der Waals surface area (Å²) >= 11 is 0. The molecule has 1 unspecified atom stereocenters. The zero-order valence-electron chi connectivity index (χ0n) is 12.9. The van der Waals surface area contributed by atoms with Gasteiger partial charge in [0.15, 0.2) is 5.82 Å². The third-order valence-corrected chi connectivity index (χ3v) is 2.44. The summed E-state index contributed by atoms with van der Waals surface area (Å²) in [6.07, 6.45) is 2.05. The first-order valence-corrected chi connectivity index (χ1v) is 6.81. The van der Waals surface area contributed by atoms with E-state index in [4.69, 9.17) is 4.74 Å². The number of nitrogens with one attached hydrogen (secondary N) is 2. The molecule has 7 nitrogen and oxygen atoms in total. The Morgan fingerprint density at radius 1 is 1.50 bits per heavy atom. The van der Waals surface area contributed by atoms with Gasteiger partial charge in [0, 0.05) is 32.6 Å². The van der Waals surface area contributed by atoms with Crippen LogP contribution >= 0.6 is 0 Å². The maximum absolute atomic E-state index is 11.5. The lowest BCUT2D eigenvalue weighted by Gasteiger charge is -2.21. The van der Waals surface area contributed by atoms with Crippen LogP contribution in [0.3, 0.4) is 0 Å². The molecule has 1 atom stereocenters. The summed E-state index contributed by atoms with van der Waals surface area (Å²) < 4.78 is 6.85. The third-order valence-electron chi connectivity index (χ3n) is 2.44. The summed E-state index contributed by atoms with van der Waals surface area (Å²) in [5.41, 5.74) is -0.467. The SMILES string of the molecule is CC(CNC(=O)OC(C)(C)C)NCCc1ncn(C)n1. The number of amides is 1. The Labute approximate surface area is 120 Å². The van der Waals surface area contributed by atoms with Crippen molar-refractivity contribution in [3.8, 4) is 0 Å². The number of carbonyl (C=O) groups excluding carboxylic acids is 1. The van der Waals surface area contributed by atoms with E-state index in [0.717, 1.165) is 18.8 Å². The van der Waals surface area contributed by atoms with Gasteiger partial charge in [-0.05, 0) is 27.7 Å². The molecular formula is C13H25N5O2. The normalized spacial score (nSPS) is 13.1. The van der Waals surface area contributed by atoms with Crippen LogP contribution in [0.1, 0.15) is 33.5 Å². The first-order chi connectivity index (χ1) is 9.26. The monoisotopic (exact) mass is 283 g/mol. The topological polar surface area (TPSA) is 81.1 Å². The van der Waals surface area contributed by atoms with Crippen LogP contribution in [0.5, 0.6) is 0 Å². The van der Waals surface area contributed by atoms with Crippen molar-refractivity contribution in [2.75, 3.05) is 13.1 Å². The van der Waals surface area contributed by atoms with Crippen molar-refractivity contribution in [3.63, 3.8) is 0 Å². The van der Waals surface area contributed by atoms with Crippen molar-refractivity contribution in [1.82, 2.24) is 25.4 Å². The van der Waals surface area contributed by atoms with Gasteiger partial charge in [-0.1, -0.05) is 0 Å². The maximum Gasteiger partial charge on any atom is 0.407 e. The lowest BCUT2D eigenvalue weighted by molar-refractivity contribution is 0.0523. The Balaban J connectivity index is 2.14. The molecule has 0 aliphatic heterocycles. The van der Waals surface area contributed by atoms with E-state index in [9.17, 15) is 4.79 Å². The van der Waals surface area contributed by atoms with Gasteiger partial charge in [-0.3, -0.25) is 4.68 Å². The van der Waals surface area contributed by atoms with Gasteiger partial charge in [0.2, 0.25) is 0 Å². The number of aryl methyl sites for hydroxylation is 1. The first-order valence-electron chi connectivity index (χ1n) is 6.81. The average Bonchev–Trinajstić information content (AvgIpc) is 2.70. The molecule has 0 fully saturated rings. The summed E-state index contributed by atoms with van der Waals surface area (Å²) in [6, 6.07) is 0.159. The molecule has 20 heavy (non-hydrogen) atoms. The second kappa shape index (κ2) is 7.23. The Morgan fingerprint density at radius 3 is 2.75 bits per heavy atom. The molecule has 1 aromatic rings. The van der Waals surface area contributed by atoms with Gasteiger partial charge >= 0.3 is 6.09 Å². The second-order valence-electron chi connectivity index (χ2n) is 5.82. The molecule has 0 bridgehead atoms. The number of carbonyl (C=O) groups is 1. The number of nitrogens with zero attached hydrogens (tertiary/aromatic N) is 3. The molecule has 0 aromatic carbocycles. The van der Waals surface area contributed by atoms with Gasteiger partial charge in [0.25, 0.3) is 0 Å². The van der Waals surface area contributed by atoms with Crippen molar-refractivity contribution in [3.05, 3.63) is 12.2 Å². The van der Waals surface area contributed by atoms with E-state index in [2.05, 4.69) is 20.7 Å². The molecular weight excluding hydrogens is 258 g/mol. The largest absolute Gasteiger partial charge is 0.444 e. The van der Waals surface area contributed by atoms with E-state index >= 15 is 0 Å². The molecule has 1 heterocycles. The van der Waals surface area contributed by atoms with Gasteiger partial charge in [-0.15, -0.1) is 0 Å². The van der Waals surface area contributed by atoms with E-state index in [0.29, 0.717) is 6.54 Å². The lowest BCUT2D eigenvalue weighted by Crippen LogP contribution is -2.41. The number of hydrogen-bond acceptors (Lipinski definition) is 5. The van der Waals surface area contributed by atoms with Crippen LogP contribution in [0.25, 0.3) is 0 Å². The zero-order chi connectivity index (χ0) is 15.2. The molecule has 0 saturated heterocycles. The molecule has 1 rings (SSSR count). The Kier molecular flexibility index (Phi) is 5.94. The quantitative estimate of drug-likeness (QED) is 0.809. The van der Waals surface area contributed by atoms with Crippen molar-refractivity contribution >= 4 is 6.09 Å². The molecule has 0 aliphatic rings. The lowest BCUT2D eigenvalue weighted by atomic mass is 10.2. The summed E-state index contributed by atoms with van der Waals surface area (Å²) in [6.45, 7) is 8.81. The second-order valence-corrected chi connectivity index (χ2v) is 5.82. The number of hydrogen-bond donors (Lipinski definition) is 2. The summed E-state index contributed by atoms with van der Waals surface area (Å²) in [7, 11) is 1.84. The predicted octanol–water partition coefficient (Wildman–Crippen LogP) is 0.860. The van der Waals surface area contributed by atoms with Crippen molar-refractivity contribution in [1.29, 1.82) is 0 Å². The Morgan fingerprint density at radius 2 is 2.20 bits per heavy atom. The highest BCUT2D eigenvalue weighted by atomic mass is 16.6. The minimum absolute atomic E-state index is 0.159. The molecule has 0 aliphatic carbocycles. The molecule has 114 valence electrons.